The Morgan fingerprint density at radius 3 is 2.92 bits per heavy atom. The molecule has 0 fully saturated rings. The van der Waals surface area contributed by atoms with E-state index in [9.17, 15) is 4.79 Å². The molecule has 0 aliphatic rings. The number of nitrogens with one attached hydrogen (secondary N) is 1. The number of hydrogen-bond donors (Lipinski definition) is 1. The Kier molecular flexibility index (Phi) is 3.87. The normalized spacial score (nSPS) is 9.77. The number of rotatable bonds is 2. The molecule has 70 valence electrons. The number of carbonyl (C=O) groups is 1. The zero-order valence-electron chi connectivity index (χ0n) is 6.97. The summed E-state index contributed by atoms with van der Waals surface area (Å²) >= 11 is 6.36. The van der Waals surface area contributed by atoms with Crippen molar-refractivity contribution in [3.05, 3.63) is 22.3 Å². The fourth-order valence-corrected chi connectivity index (χ4v) is 1.42. The maximum absolute atomic E-state index is 11.0. The highest BCUT2D eigenvalue weighted by atomic mass is 79.9. The summed E-state index contributed by atoms with van der Waals surface area (Å²) in [7, 11) is 0. The van der Waals surface area contributed by atoms with E-state index in [1.54, 1.807) is 6.20 Å². The number of aryl methyl sites for hydroxylation is 1. The van der Waals surface area contributed by atoms with E-state index in [0.29, 0.717) is 5.82 Å². The lowest BCUT2D eigenvalue weighted by atomic mass is 10.3. The molecule has 0 saturated carbocycles. The van der Waals surface area contributed by atoms with Gasteiger partial charge in [-0.15, -0.1) is 0 Å². The predicted octanol–water partition coefficient (Wildman–Crippen LogP) is 2.49. The number of amides is 1. The molecule has 3 nitrogen and oxygen atoms in total. The maximum Gasteiger partial charge on any atom is 0.236 e. The van der Waals surface area contributed by atoms with Crippen molar-refractivity contribution in [2.45, 2.75) is 6.92 Å². The number of carbonyl (C=O) groups excluding carboxylic acids is 1. The fourth-order valence-electron chi connectivity index (χ4n) is 0.837. The first-order valence-corrected chi connectivity index (χ1v) is 5.53. The summed E-state index contributed by atoms with van der Waals surface area (Å²) in [4.78, 5) is 15.1. The van der Waals surface area contributed by atoms with Crippen LogP contribution in [-0.2, 0) is 4.79 Å². The topological polar surface area (TPSA) is 42.0 Å². The summed E-state index contributed by atoms with van der Waals surface area (Å²) in [6, 6.07) is 1.90. The average Bonchev–Trinajstić information content (AvgIpc) is 2.09. The lowest BCUT2D eigenvalue weighted by molar-refractivity contribution is -0.113. The minimum Gasteiger partial charge on any atom is -0.310 e. The minimum atomic E-state index is -0.0991. The number of anilines is 1. The molecule has 1 N–H and O–H groups in total. The molecule has 1 aromatic rings. The van der Waals surface area contributed by atoms with Gasteiger partial charge in [0.1, 0.15) is 5.82 Å². The second kappa shape index (κ2) is 4.72. The maximum atomic E-state index is 11.0. The Hall–Kier alpha value is -0.420. The van der Waals surface area contributed by atoms with Crippen LogP contribution in [0.2, 0.25) is 0 Å². The zero-order chi connectivity index (χ0) is 9.84. The summed E-state index contributed by atoms with van der Waals surface area (Å²) in [6.07, 6.45) is 1.65. The largest absolute Gasteiger partial charge is 0.310 e. The highest BCUT2D eigenvalue weighted by molar-refractivity contribution is 9.10. The Labute approximate surface area is 93.2 Å². The van der Waals surface area contributed by atoms with Crippen molar-refractivity contribution in [2.75, 3.05) is 10.6 Å². The lowest BCUT2D eigenvalue weighted by Crippen LogP contribution is -2.14. The standard InChI is InChI=1S/C8H8Br2N2O/c1-5-2-6(10)4-11-8(5)12-7(13)3-9/h2,4H,3H2,1H3,(H,11,12,13). The fraction of sp³-hybridized carbons (Fsp3) is 0.250. The van der Waals surface area contributed by atoms with Crippen LogP contribution in [0, 0.1) is 6.92 Å². The molecule has 1 rings (SSSR count). The van der Waals surface area contributed by atoms with Gasteiger partial charge < -0.3 is 5.32 Å². The number of pyridine rings is 1. The van der Waals surface area contributed by atoms with Gasteiger partial charge in [-0.05, 0) is 34.5 Å². The summed E-state index contributed by atoms with van der Waals surface area (Å²) in [5.41, 5.74) is 0.934. The third-order valence-corrected chi connectivity index (χ3v) is 2.37. The second-order valence-electron chi connectivity index (χ2n) is 2.50. The van der Waals surface area contributed by atoms with Crippen molar-refractivity contribution in [1.82, 2.24) is 4.98 Å². The molecule has 13 heavy (non-hydrogen) atoms. The number of hydrogen-bond acceptors (Lipinski definition) is 2. The Morgan fingerprint density at radius 1 is 1.69 bits per heavy atom. The second-order valence-corrected chi connectivity index (χ2v) is 3.98. The van der Waals surface area contributed by atoms with E-state index in [1.165, 1.54) is 0 Å². The van der Waals surface area contributed by atoms with E-state index in [4.69, 9.17) is 0 Å². The summed E-state index contributed by atoms with van der Waals surface area (Å²) < 4.78 is 0.904. The van der Waals surface area contributed by atoms with E-state index in [0.717, 1.165) is 10.0 Å². The Balaban J connectivity index is 2.83. The van der Waals surface area contributed by atoms with E-state index < -0.39 is 0 Å². The van der Waals surface area contributed by atoms with Crippen LogP contribution >= 0.6 is 31.9 Å². The molecule has 0 atom stereocenters. The number of halogens is 2. The third-order valence-electron chi connectivity index (χ3n) is 1.42. The van der Waals surface area contributed by atoms with Crippen molar-refractivity contribution in [3.63, 3.8) is 0 Å². The van der Waals surface area contributed by atoms with Gasteiger partial charge in [-0.3, -0.25) is 4.79 Å². The lowest BCUT2D eigenvalue weighted by Gasteiger charge is -2.05. The number of aromatic nitrogens is 1. The van der Waals surface area contributed by atoms with E-state index in [-0.39, 0.29) is 11.2 Å². The SMILES string of the molecule is Cc1cc(Br)cnc1NC(=O)CBr. The van der Waals surface area contributed by atoms with Crippen LogP contribution < -0.4 is 5.32 Å². The van der Waals surface area contributed by atoms with Crippen LogP contribution in [0.15, 0.2) is 16.7 Å². The van der Waals surface area contributed by atoms with Gasteiger partial charge in [0.2, 0.25) is 5.91 Å². The highest BCUT2D eigenvalue weighted by Gasteiger charge is 2.03. The van der Waals surface area contributed by atoms with Crippen LogP contribution in [0.3, 0.4) is 0 Å². The van der Waals surface area contributed by atoms with Crippen LogP contribution in [0.25, 0.3) is 0 Å². The smallest absolute Gasteiger partial charge is 0.236 e. The van der Waals surface area contributed by atoms with Gasteiger partial charge >= 0.3 is 0 Å². The highest BCUT2D eigenvalue weighted by Crippen LogP contribution is 2.16. The summed E-state index contributed by atoms with van der Waals surface area (Å²) in [5, 5.41) is 2.95. The van der Waals surface area contributed by atoms with Crippen molar-refractivity contribution in [3.8, 4) is 0 Å². The molecule has 5 heteroatoms. The van der Waals surface area contributed by atoms with E-state index in [2.05, 4.69) is 42.2 Å². The van der Waals surface area contributed by atoms with Crippen molar-refractivity contribution in [2.24, 2.45) is 0 Å². The Bertz CT molecular complexity index is 328. The average molecular weight is 308 g/mol. The molecule has 0 aliphatic carbocycles. The number of nitrogens with zero attached hydrogens (tertiary/aromatic N) is 1. The first-order chi connectivity index (χ1) is 6.13. The van der Waals surface area contributed by atoms with Crippen molar-refractivity contribution in [1.29, 1.82) is 0 Å². The zero-order valence-corrected chi connectivity index (χ0v) is 10.1. The first kappa shape index (κ1) is 10.7. The van der Waals surface area contributed by atoms with Gasteiger partial charge in [-0.2, -0.15) is 0 Å². The van der Waals surface area contributed by atoms with Gasteiger partial charge in [-0.1, -0.05) is 15.9 Å². The first-order valence-electron chi connectivity index (χ1n) is 3.61. The molecule has 0 aliphatic heterocycles. The van der Waals surface area contributed by atoms with Crippen LogP contribution in [-0.4, -0.2) is 16.2 Å². The van der Waals surface area contributed by atoms with E-state index >= 15 is 0 Å². The van der Waals surface area contributed by atoms with E-state index in [1.807, 2.05) is 13.0 Å². The molecule has 1 amide bonds. The molecule has 0 saturated heterocycles. The van der Waals surface area contributed by atoms with Crippen LogP contribution in [0.4, 0.5) is 5.82 Å². The monoisotopic (exact) mass is 306 g/mol. The molecular weight excluding hydrogens is 300 g/mol. The molecular formula is C8H8Br2N2O. The van der Waals surface area contributed by atoms with Crippen molar-refractivity contribution >= 4 is 43.6 Å². The van der Waals surface area contributed by atoms with Crippen LogP contribution in [0.5, 0.6) is 0 Å². The van der Waals surface area contributed by atoms with Gasteiger partial charge in [-0.25, -0.2) is 4.98 Å². The molecule has 0 aromatic carbocycles. The van der Waals surface area contributed by atoms with Gasteiger partial charge in [0.05, 0.1) is 5.33 Å². The third kappa shape index (κ3) is 3.08. The minimum absolute atomic E-state index is 0.0991. The van der Waals surface area contributed by atoms with Gasteiger partial charge in [0, 0.05) is 10.7 Å². The molecule has 0 unspecified atom stereocenters. The molecule has 0 spiro atoms. The quantitative estimate of drug-likeness (QED) is 0.853. The summed E-state index contributed by atoms with van der Waals surface area (Å²) in [6.45, 7) is 1.89. The molecule has 0 bridgehead atoms. The van der Waals surface area contributed by atoms with Crippen molar-refractivity contribution < 1.29 is 4.79 Å². The predicted molar refractivity (Wildman–Crippen MR) is 59.1 cm³/mol. The molecule has 0 radical (unpaired) electrons. The molecule has 1 aromatic heterocycles. The van der Waals surface area contributed by atoms with Crippen LogP contribution in [0.1, 0.15) is 5.56 Å². The summed E-state index contributed by atoms with van der Waals surface area (Å²) in [5.74, 6) is 0.505. The molecule has 1 heterocycles. The van der Waals surface area contributed by atoms with Gasteiger partial charge in [0.25, 0.3) is 0 Å². The number of alkyl halides is 1. The Morgan fingerprint density at radius 2 is 2.38 bits per heavy atom. The van der Waals surface area contributed by atoms with Gasteiger partial charge in [0.15, 0.2) is 0 Å².